The Morgan fingerprint density at radius 3 is 2.27 bits per heavy atom. The number of hydrogen-bond donors (Lipinski definition) is 6. The highest BCUT2D eigenvalue weighted by Gasteiger charge is 2.20. The number of unbranched alkanes of at least 4 members (excludes halogenated alkanes) is 1. The Balaban J connectivity index is 2.69. The molecule has 166 valence electrons. The van der Waals surface area contributed by atoms with Crippen molar-refractivity contribution in [1.29, 1.82) is 0 Å². The highest BCUT2D eigenvalue weighted by atomic mass is 16.2. The van der Waals surface area contributed by atoms with Crippen LogP contribution in [0.4, 0.5) is 0 Å². The van der Waals surface area contributed by atoms with Crippen LogP contribution in [0, 0.1) is 0 Å². The summed E-state index contributed by atoms with van der Waals surface area (Å²) < 4.78 is 0. The van der Waals surface area contributed by atoms with E-state index in [-0.39, 0.29) is 24.1 Å². The van der Waals surface area contributed by atoms with Crippen molar-refractivity contribution in [3.63, 3.8) is 0 Å². The molecule has 1 rings (SSSR count). The van der Waals surface area contributed by atoms with Gasteiger partial charge in [0, 0.05) is 12.1 Å². The van der Waals surface area contributed by atoms with E-state index in [0.717, 1.165) is 18.4 Å². The van der Waals surface area contributed by atoms with Gasteiger partial charge in [-0.15, -0.1) is 10.2 Å². The van der Waals surface area contributed by atoms with Gasteiger partial charge in [0.15, 0.2) is 5.84 Å². The lowest BCUT2D eigenvalue weighted by Gasteiger charge is -2.18. The van der Waals surface area contributed by atoms with Gasteiger partial charge in [-0.1, -0.05) is 24.3 Å². The molecule has 0 saturated heterocycles. The Morgan fingerprint density at radius 2 is 1.67 bits per heavy atom. The lowest BCUT2D eigenvalue weighted by atomic mass is 10.1. The van der Waals surface area contributed by atoms with Crippen LogP contribution in [-0.2, 0) is 16.0 Å². The second-order valence-corrected chi connectivity index (χ2v) is 6.94. The molecule has 0 bridgehead atoms. The standard InChI is InChI=1S/C20H34N8O2/c1-14(23)27-28-19(24)16-8-6-15(7-9-16)13-18(29)26-17(5-2-3-10-21)20(30)25-12-4-11-22/h6-9,17H,2-5,10-13,21-22H2,1H3,(H2,23,27)(H2,24,28)(H,25,30)(H,26,29). The number of hydrogen-bond acceptors (Lipinski definition) is 6. The van der Waals surface area contributed by atoms with Gasteiger partial charge < -0.3 is 33.6 Å². The van der Waals surface area contributed by atoms with E-state index < -0.39 is 6.04 Å². The van der Waals surface area contributed by atoms with Crippen molar-refractivity contribution in [2.75, 3.05) is 19.6 Å². The van der Waals surface area contributed by atoms with Crippen molar-refractivity contribution in [2.45, 2.75) is 45.1 Å². The quantitative estimate of drug-likeness (QED) is 0.106. The molecule has 0 spiro atoms. The summed E-state index contributed by atoms with van der Waals surface area (Å²) in [6.45, 7) is 3.13. The van der Waals surface area contributed by atoms with Crippen molar-refractivity contribution in [3.8, 4) is 0 Å². The van der Waals surface area contributed by atoms with Gasteiger partial charge in [-0.25, -0.2) is 0 Å². The van der Waals surface area contributed by atoms with Gasteiger partial charge in [0.05, 0.1) is 6.42 Å². The number of amides is 2. The summed E-state index contributed by atoms with van der Waals surface area (Å²) in [6, 6.07) is 6.46. The second-order valence-electron chi connectivity index (χ2n) is 6.94. The first-order chi connectivity index (χ1) is 14.4. The molecule has 0 aliphatic rings. The minimum Gasteiger partial charge on any atom is -0.386 e. The molecule has 1 aromatic rings. The predicted octanol–water partition coefficient (Wildman–Crippen LogP) is -0.695. The first-order valence-electron chi connectivity index (χ1n) is 10.1. The maximum atomic E-state index is 12.5. The molecule has 0 fully saturated rings. The van der Waals surface area contributed by atoms with Gasteiger partial charge in [0.2, 0.25) is 11.8 Å². The maximum Gasteiger partial charge on any atom is 0.242 e. The van der Waals surface area contributed by atoms with Gasteiger partial charge in [0.25, 0.3) is 0 Å². The molecule has 0 heterocycles. The fourth-order valence-electron chi connectivity index (χ4n) is 2.61. The number of nitrogens with zero attached hydrogens (tertiary/aromatic N) is 2. The Bertz CT molecular complexity index is 727. The Hall–Kier alpha value is -2.98. The summed E-state index contributed by atoms with van der Waals surface area (Å²) in [7, 11) is 0. The number of nitrogens with two attached hydrogens (primary N) is 4. The van der Waals surface area contributed by atoms with Gasteiger partial charge in [-0.3, -0.25) is 9.59 Å². The molecule has 0 saturated carbocycles. The molecule has 0 aromatic heterocycles. The molecular weight excluding hydrogens is 384 g/mol. The molecule has 10 heteroatoms. The summed E-state index contributed by atoms with van der Waals surface area (Å²) in [6.07, 6.45) is 2.90. The average molecular weight is 419 g/mol. The minimum absolute atomic E-state index is 0.140. The molecule has 10 nitrogen and oxygen atoms in total. The summed E-state index contributed by atoms with van der Waals surface area (Å²) in [5.41, 5.74) is 23.7. The van der Waals surface area contributed by atoms with Gasteiger partial charge in [-0.05, 0) is 51.3 Å². The Morgan fingerprint density at radius 1 is 1.00 bits per heavy atom. The molecule has 1 atom stereocenters. The number of rotatable bonds is 13. The number of carbonyl (C=O) groups excluding carboxylic acids is 2. The zero-order chi connectivity index (χ0) is 22.4. The topological polar surface area (TPSA) is 187 Å². The molecule has 0 radical (unpaired) electrons. The van der Waals surface area contributed by atoms with Gasteiger partial charge >= 0.3 is 0 Å². The van der Waals surface area contributed by atoms with Gasteiger partial charge in [-0.2, -0.15) is 0 Å². The van der Waals surface area contributed by atoms with Crippen LogP contribution in [0.3, 0.4) is 0 Å². The van der Waals surface area contributed by atoms with Crippen LogP contribution in [0.25, 0.3) is 0 Å². The van der Waals surface area contributed by atoms with Crippen molar-refractivity contribution in [1.82, 2.24) is 10.6 Å². The van der Waals surface area contributed by atoms with Crippen molar-refractivity contribution >= 4 is 23.5 Å². The predicted molar refractivity (Wildman–Crippen MR) is 120 cm³/mol. The van der Waals surface area contributed by atoms with Crippen LogP contribution >= 0.6 is 0 Å². The molecular formula is C20H34N8O2. The SMILES string of the molecule is C/C(N)=N/N=C(\N)c1ccc(CC(=O)NC(CCCCN)C(=O)NCCCN)cc1. The minimum atomic E-state index is -0.596. The fourth-order valence-corrected chi connectivity index (χ4v) is 2.61. The zero-order valence-corrected chi connectivity index (χ0v) is 17.6. The lowest BCUT2D eigenvalue weighted by molar-refractivity contribution is -0.128. The molecule has 30 heavy (non-hydrogen) atoms. The molecule has 1 unspecified atom stereocenters. The fraction of sp³-hybridized carbons (Fsp3) is 0.500. The van der Waals surface area contributed by atoms with E-state index >= 15 is 0 Å². The average Bonchev–Trinajstić information content (AvgIpc) is 2.72. The monoisotopic (exact) mass is 418 g/mol. The third kappa shape index (κ3) is 9.99. The van der Waals surface area contributed by atoms with Crippen LogP contribution in [0.5, 0.6) is 0 Å². The number of benzene rings is 1. The lowest BCUT2D eigenvalue weighted by Crippen LogP contribution is -2.47. The van der Waals surface area contributed by atoms with Crippen LogP contribution in [0.15, 0.2) is 34.5 Å². The van der Waals surface area contributed by atoms with E-state index in [9.17, 15) is 9.59 Å². The van der Waals surface area contributed by atoms with Crippen molar-refractivity contribution < 1.29 is 9.59 Å². The van der Waals surface area contributed by atoms with Crippen LogP contribution in [0.2, 0.25) is 0 Å². The Kier molecular flexibility index (Phi) is 11.8. The molecule has 0 aliphatic carbocycles. The Labute approximate surface area is 177 Å². The van der Waals surface area contributed by atoms with E-state index in [2.05, 4.69) is 20.8 Å². The second kappa shape index (κ2) is 14.1. The van der Waals surface area contributed by atoms with E-state index in [0.29, 0.717) is 43.9 Å². The zero-order valence-electron chi connectivity index (χ0n) is 17.6. The smallest absolute Gasteiger partial charge is 0.242 e. The van der Waals surface area contributed by atoms with E-state index in [1.54, 1.807) is 31.2 Å². The van der Waals surface area contributed by atoms with Crippen molar-refractivity contribution in [3.05, 3.63) is 35.4 Å². The summed E-state index contributed by atoms with van der Waals surface area (Å²) in [5.74, 6) is 0.0904. The van der Waals surface area contributed by atoms with Gasteiger partial charge in [0.1, 0.15) is 11.9 Å². The van der Waals surface area contributed by atoms with Crippen LogP contribution < -0.4 is 33.6 Å². The molecule has 10 N–H and O–H groups in total. The first-order valence-corrected chi connectivity index (χ1v) is 10.1. The highest BCUT2D eigenvalue weighted by Crippen LogP contribution is 2.07. The molecule has 1 aromatic carbocycles. The number of carbonyl (C=O) groups is 2. The normalized spacial score (nSPS) is 13.0. The van der Waals surface area contributed by atoms with Crippen LogP contribution in [-0.4, -0.2) is 49.2 Å². The third-order valence-electron chi connectivity index (χ3n) is 4.21. The number of amidine groups is 2. The van der Waals surface area contributed by atoms with E-state index in [1.165, 1.54) is 0 Å². The van der Waals surface area contributed by atoms with E-state index in [1.807, 2.05) is 0 Å². The molecule has 2 amide bonds. The van der Waals surface area contributed by atoms with Crippen molar-refractivity contribution in [2.24, 2.45) is 33.1 Å². The summed E-state index contributed by atoms with van der Waals surface area (Å²) >= 11 is 0. The third-order valence-corrected chi connectivity index (χ3v) is 4.21. The van der Waals surface area contributed by atoms with E-state index in [4.69, 9.17) is 22.9 Å². The maximum absolute atomic E-state index is 12.5. The number of nitrogens with one attached hydrogen (secondary N) is 2. The first kappa shape index (κ1) is 25.1. The summed E-state index contributed by atoms with van der Waals surface area (Å²) in [4.78, 5) is 24.9. The largest absolute Gasteiger partial charge is 0.386 e. The highest BCUT2D eigenvalue weighted by molar-refractivity contribution is 5.98. The molecule has 0 aliphatic heterocycles. The summed E-state index contributed by atoms with van der Waals surface area (Å²) in [5, 5.41) is 13.2. The van der Waals surface area contributed by atoms with Crippen LogP contribution in [0.1, 0.15) is 43.7 Å².